The van der Waals surface area contributed by atoms with E-state index in [1.165, 1.54) is 0 Å². The van der Waals surface area contributed by atoms with Crippen LogP contribution in [0.5, 0.6) is 5.75 Å². The summed E-state index contributed by atoms with van der Waals surface area (Å²) in [6.07, 6.45) is 0.852. The summed E-state index contributed by atoms with van der Waals surface area (Å²) >= 11 is 0. The van der Waals surface area contributed by atoms with E-state index in [1.807, 2.05) is 38.1 Å². The molecular formula is C16H24N2O3. The van der Waals surface area contributed by atoms with Crippen LogP contribution in [0.3, 0.4) is 0 Å². The van der Waals surface area contributed by atoms with Gasteiger partial charge in [-0.05, 0) is 33.3 Å². The quantitative estimate of drug-likeness (QED) is 0.798. The number of aliphatic hydroxyl groups excluding tert-OH is 1. The summed E-state index contributed by atoms with van der Waals surface area (Å²) in [5, 5.41) is 15.0. The highest BCUT2D eigenvalue weighted by molar-refractivity contribution is 5.74. The van der Waals surface area contributed by atoms with E-state index in [-0.39, 0.29) is 17.7 Å². The summed E-state index contributed by atoms with van der Waals surface area (Å²) in [5.74, 6) is 0.822. The van der Waals surface area contributed by atoms with Crippen molar-refractivity contribution in [3.05, 3.63) is 29.8 Å². The van der Waals surface area contributed by atoms with Gasteiger partial charge in [0.25, 0.3) is 0 Å². The van der Waals surface area contributed by atoms with E-state index in [0.29, 0.717) is 19.4 Å². The van der Waals surface area contributed by atoms with Gasteiger partial charge in [-0.2, -0.15) is 0 Å². The van der Waals surface area contributed by atoms with Crippen LogP contribution in [0.4, 0.5) is 4.79 Å². The van der Waals surface area contributed by atoms with Crippen LogP contribution in [0.1, 0.15) is 45.2 Å². The van der Waals surface area contributed by atoms with Crippen molar-refractivity contribution in [3.8, 4) is 5.75 Å². The highest BCUT2D eigenvalue weighted by atomic mass is 16.5. The summed E-state index contributed by atoms with van der Waals surface area (Å²) in [6.45, 7) is 6.19. The van der Waals surface area contributed by atoms with Crippen LogP contribution in [0, 0.1) is 0 Å². The molecule has 2 unspecified atom stereocenters. The third-order valence-corrected chi connectivity index (χ3v) is 3.53. The van der Waals surface area contributed by atoms with Gasteiger partial charge in [-0.1, -0.05) is 18.2 Å². The number of hydrogen-bond acceptors (Lipinski definition) is 3. The molecule has 116 valence electrons. The lowest BCUT2D eigenvalue weighted by molar-refractivity contribution is 0.0679. The number of hydrogen-bond donors (Lipinski definition) is 3. The first-order chi connectivity index (χ1) is 9.87. The Morgan fingerprint density at radius 3 is 2.90 bits per heavy atom. The molecular weight excluding hydrogens is 268 g/mol. The van der Waals surface area contributed by atoms with Crippen molar-refractivity contribution in [1.29, 1.82) is 0 Å². The zero-order chi connectivity index (χ0) is 15.5. The van der Waals surface area contributed by atoms with Crippen molar-refractivity contribution >= 4 is 6.03 Å². The van der Waals surface area contributed by atoms with E-state index in [1.54, 1.807) is 6.92 Å². The van der Waals surface area contributed by atoms with Crippen molar-refractivity contribution in [2.45, 2.75) is 51.4 Å². The van der Waals surface area contributed by atoms with Crippen molar-refractivity contribution in [2.24, 2.45) is 0 Å². The molecule has 0 aromatic heterocycles. The lowest BCUT2D eigenvalue weighted by Gasteiger charge is -2.37. The molecule has 0 saturated heterocycles. The highest BCUT2D eigenvalue weighted by Gasteiger charge is 2.34. The molecule has 2 amide bonds. The van der Waals surface area contributed by atoms with Crippen molar-refractivity contribution in [2.75, 3.05) is 6.54 Å². The zero-order valence-electron chi connectivity index (χ0n) is 12.8. The summed E-state index contributed by atoms with van der Waals surface area (Å²) in [6, 6.07) is 7.49. The molecule has 0 fully saturated rings. The number of fused-ring (bicyclic) bond motifs is 1. The molecule has 5 nitrogen and oxygen atoms in total. The van der Waals surface area contributed by atoms with Crippen LogP contribution in [0.25, 0.3) is 0 Å². The van der Waals surface area contributed by atoms with Gasteiger partial charge >= 0.3 is 6.03 Å². The monoisotopic (exact) mass is 292 g/mol. The number of para-hydroxylation sites is 1. The molecule has 0 bridgehead atoms. The molecule has 0 saturated carbocycles. The van der Waals surface area contributed by atoms with E-state index >= 15 is 0 Å². The van der Waals surface area contributed by atoms with Gasteiger partial charge < -0.3 is 20.5 Å². The Bertz CT molecular complexity index is 500. The van der Waals surface area contributed by atoms with Crippen LogP contribution >= 0.6 is 0 Å². The van der Waals surface area contributed by atoms with Gasteiger partial charge in [0.2, 0.25) is 0 Å². The van der Waals surface area contributed by atoms with Crippen LogP contribution < -0.4 is 15.4 Å². The second-order valence-corrected chi connectivity index (χ2v) is 6.19. The van der Waals surface area contributed by atoms with Crippen molar-refractivity contribution < 1.29 is 14.6 Å². The highest BCUT2D eigenvalue weighted by Crippen LogP contribution is 2.39. The predicted molar refractivity (Wildman–Crippen MR) is 81.3 cm³/mol. The van der Waals surface area contributed by atoms with Crippen LogP contribution in [0.2, 0.25) is 0 Å². The number of carbonyl (C=O) groups excluding carboxylic acids is 1. The number of benzene rings is 1. The lowest BCUT2D eigenvalue weighted by Crippen LogP contribution is -2.44. The van der Waals surface area contributed by atoms with Crippen LogP contribution in [0.15, 0.2) is 24.3 Å². The number of nitrogens with one attached hydrogen (secondary N) is 2. The third kappa shape index (κ3) is 4.36. The Balaban J connectivity index is 2.01. The van der Waals surface area contributed by atoms with E-state index in [0.717, 1.165) is 11.3 Å². The van der Waals surface area contributed by atoms with Crippen molar-refractivity contribution in [1.82, 2.24) is 10.6 Å². The number of aliphatic hydroxyl groups is 1. The summed E-state index contributed by atoms with van der Waals surface area (Å²) in [4.78, 5) is 12.0. The smallest absolute Gasteiger partial charge is 0.315 e. The molecule has 2 rings (SSSR count). The predicted octanol–water partition coefficient (Wildman–Crippen LogP) is 2.36. The minimum atomic E-state index is -0.409. The minimum absolute atomic E-state index is 0.0727. The van der Waals surface area contributed by atoms with E-state index < -0.39 is 6.10 Å². The van der Waals surface area contributed by atoms with Gasteiger partial charge in [-0.3, -0.25) is 0 Å². The molecule has 1 aliphatic heterocycles. The topological polar surface area (TPSA) is 70.6 Å². The zero-order valence-corrected chi connectivity index (χ0v) is 12.8. The maximum absolute atomic E-state index is 12.0. The van der Waals surface area contributed by atoms with Gasteiger partial charge in [-0.25, -0.2) is 4.79 Å². The Kier molecular flexibility index (Phi) is 4.73. The fraction of sp³-hybridized carbons (Fsp3) is 0.562. The van der Waals surface area contributed by atoms with E-state index in [9.17, 15) is 9.90 Å². The fourth-order valence-electron chi connectivity index (χ4n) is 2.53. The molecule has 3 N–H and O–H groups in total. The molecule has 0 aliphatic carbocycles. The summed E-state index contributed by atoms with van der Waals surface area (Å²) < 4.78 is 5.94. The van der Waals surface area contributed by atoms with E-state index in [4.69, 9.17) is 4.74 Å². The lowest BCUT2D eigenvalue weighted by atomic mass is 9.90. The molecule has 0 spiro atoms. The largest absolute Gasteiger partial charge is 0.487 e. The molecule has 0 radical (unpaired) electrons. The second kappa shape index (κ2) is 6.35. The average Bonchev–Trinajstić information content (AvgIpc) is 2.36. The number of amides is 2. The molecule has 1 aromatic rings. The molecule has 1 aliphatic rings. The van der Waals surface area contributed by atoms with Crippen molar-refractivity contribution in [3.63, 3.8) is 0 Å². The Hall–Kier alpha value is -1.75. The average molecular weight is 292 g/mol. The maximum atomic E-state index is 12.0. The Labute approximate surface area is 125 Å². The summed E-state index contributed by atoms with van der Waals surface area (Å²) in [7, 11) is 0. The first-order valence-corrected chi connectivity index (χ1v) is 7.38. The van der Waals surface area contributed by atoms with E-state index in [2.05, 4.69) is 10.6 Å². The van der Waals surface area contributed by atoms with Gasteiger partial charge in [0.15, 0.2) is 0 Å². The Morgan fingerprint density at radius 2 is 2.19 bits per heavy atom. The van der Waals surface area contributed by atoms with Gasteiger partial charge in [-0.15, -0.1) is 0 Å². The SMILES string of the molecule is CC(O)CCNC(=O)NC1CC(C)(C)Oc2ccccc21. The van der Waals surface area contributed by atoms with Gasteiger partial charge in [0.05, 0.1) is 12.1 Å². The Morgan fingerprint density at radius 1 is 1.48 bits per heavy atom. The molecule has 2 atom stereocenters. The number of rotatable bonds is 4. The molecule has 5 heteroatoms. The fourth-order valence-corrected chi connectivity index (χ4v) is 2.53. The standard InChI is InChI=1S/C16H24N2O3/c1-11(19)8-9-17-15(20)18-13-10-16(2,3)21-14-7-5-4-6-12(13)14/h4-7,11,13,19H,8-10H2,1-3H3,(H2,17,18,20). The van der Waals surface area contributed by atoms with Crippen LogP contribution in [-0.2, 0) is 0 Å². The first-order valence-electron chi connectivity index (χ1n) is 7.38. The minimum Gasteiger partial charge on any atom is -0.487 e. The second-order valence-electron chi connectivity index (χ2n) is 6.19. The first kappa shape index (κ1) is 15.6. The third-order valence-electron chi connectivity index (χ3n) is 3.53. The summed E-state index contributed by atoms with van der Waals surface area (Å²) in [5.41, 5.74) is 0.689. The molecule has 1 heterocycles. The number of ether oxygens (including phenoxy) is 1. The van der Waals surface area contributed by atoms with Crippen LogP contribution in [-0.4, -0.2) is 29.4 Å². The molecule has 1 aromatic carbocycles. The normalized spacial score (nSPS) is 20.9. The number of urea groups is 1. The molecule has 21 heavy (non-hydrogen) atoms. The van der Waals surface area contributed by atoms with Gasteiger partial charge in [0, 0.05) is 18.5 Å². The maximum Gasteiger partial charge on any atom is 0.315 e. The van der Waals surface area contributed by atoms with Gasteiger partial charge in [0.1, 0.15) is 11.4 Å². The number of carbonyl (C=O) groups is 1.